The average molecular weight is 455 g/mol. The molecule has 1 aromatic heterocycles. The zero-order chi connectivity index (χ0) is 20.7. The third kappa shape index (κ3) is 3.50. The number of alkyl halides is 1. The lowest BCUT2D eigenvalue weighted by Crippen LogP contribution is -2.13. The van der Waals surface area contributed by atoms with Crippen molar-refractivity contribution in [3.8, 4) is 5.75 Å². The van der Waals surface area contributed by atoms with E-state index in [-0.39, 0.29) is 11.7 Å². The molecule has 152 valence electrons. The smallest absolute Gasteiger partial charge is 0.432 e. The molecule has 0 radical (unpaired) electrons. The number of hydrogen-bond donors (Lipinski definition) is 2. The second-order valence-electron chi connectivity index (χ2n) is 6.91. The van der Waals surface area contributed by atoms with Crippen LogP contribution in [0, 0.1) is 0 Å². The summed E-state index contributed by atoms with van der Waals surface area (Å²) in [6.45, 7) is 0.326. The van der Waals surface area contributed by atoms with Gasteiger partial charge in [-0.05, 0) is 54.2 Å². The number of benzene rings is 2. The van der Waals surface area contributed by atoms with Gasteiger partial charge in [-0.25, -0.2) is 4.79 Å². The summed E-state index contributed by atoms with van der Waals surface area (Å²) >= 11 is 18.8. The number of aromatic nitrogens is 2. The Kier molecular flexibility index (Phi) is 5.51. The Morgan fingerprint density at radius 1 is 1.34 bits per heavy atom. The summed E-state index contributed by atoms with van der Waals surface area (Å²) in [6, 6.07) is 7.45. The number of fused-ring (bicyclic) bond motifs is 2. The zero-order valence-electron chi connectivity index (χ0n) is 15.3. The highest BCUT2D eigenvalue weighted by Gasteiger charge is 2.28. The lowest BCUT2D eigenvalue weighted by Gasteiger charge is -2.28. The van der Waals surface area contributed by atoms with Crippen LogP contribution >= 0.6 is 34.8 Å². The summed E-state index contributed by atoms with van der Waals surface area (Å²) in [4.78, 5) is 11.4. The SMILES string of the molecule is Nc1nn(C(=O)O)c2ccc(C3CCCc4c3cc(Cl)c(OCCCl)c4Cl)cc12. The molecule has 0 bridgehead atoms. The van der Waals surface area contributed by atoms with E-state index >= 15 is 0 Å². The molecule has 0 amide bonds. The monoisotopic (exact) mass is 453 g/mol. The van der Waals surface area contributed by atoms with Gasteiger partial charge in [0.15, 0.2) is 11.6 Å². The first-order valence-electron chi connectivity index (χ1n) is 9.13. The van der Waals surface area contributed by atoms with Crippen molar-refractivity contribution in [2.24, 2.45) is 0 Å². The van der Waals surface area contributed by atoms with Crippen molar-refractivity contribution >= 4 is 57.6 Å². The molecule has 0 saturated carbocycles. The predicted molar refractivity (Wildman–Crippen MR) is 115 cm³/mol. The van der Waals surface area contributed by atoms with Gasteiger partial charge in [-0.2, -0.15) is 4.68 Å². The van der Waals surface area contributed by atoms with Gasteiger partial charge in [0.2, 0.25) is 0 Å². The van der Waals surface area contributed by atoms with Crippen LogP contribution in [0.4, 0.5) is 10.6 Å². The number of rotatable bonds is 4. The Hall–Kier alpha value is -2.15. The van der Waals surface area contributed by atoms with E-state index in [4.69, 9.17) is 45.3 Å². The van der Waals surface area contributed by atoms with Crippen LogP contribution in [0.15, 0.2) is 24.3 Å². The van der Waals surface area contributed by atoms with E-state index in [1.54, 1.807) is 6.07 Å². The number of ether oxygens (including phenoxy) is 1. The van der Waals surface area contributed by atoms with E-state index < -0.39 is 6.09 Å². The van der Waals surface area contributed by atoms with Crippen molar-refractivity contribution in [2.45, 2.75) is 25.2 Å². The molecule has 9 heteroatoms. The summed E-state index contributed by atoms with van der Waals surface area (Å²) in [5.74, 6) is 1.06. The van der Waals surface area contributed by atoms with Crippen LogP contribution in [0.2, 0.25) is 10.0 Å². The van der Waals surface area contributed by atoms with Gasteiger partial charge in [0.25, 0.3) is 0 Å². The quantitative estimate of drug-likeness (QED) is 0.505. The van der Waals surface area contributed by atoms with E-state index in [9.17, 15) is 9.90 Å². The molecule has 29 heavy (non-hydrogen) atoms. The van der Waals surface area contributed by atoms with Crippen molar-refractivity contribution in [3.05, 3.63) is 51.0 Å². The summed E-state index contributed by atoms with van der Waals surface area (Å²) in [7, 11) is 0. The van der Waals surface area contributed by atoms with Crippen molar-refractivity contribution in [2.75, 3.05) is 18.2 Å². The third-order valence-electron chi connectivity index (χ3n) is 5.25. The number of hydrogen-bond acceptors (Lipinski definition) is 4. The van der Waals surface area contributed by atoms with Gasteiger partial charge < -0.3 is 15.6 Å². The Morgan fingerprint density at radius 2 is 2.14 bits per heavy atom. The summed E-state index contributed by atoms with van der Waals surface area (Å²) in [5, 5.41) is 14.8. The molecule has 0 spiro atoms. The molecule has 1 aliphatic rings. The maximum Gasteiger partial charge on any atom is 0.432 e. The van der Waals surface area contributed by atoms with Crippen LogP contribution in [-0.4, -0.2) is 33.5 Å². The zero-order valence-corrected chi connectivity index (χ0v) is 17.6. The Balaban J connectivity index is 1.80. The van der Waals surface area contributed by atoms with Crippen molar-refractivity contribution in [1.29, 1.82) is 0 Å². The van der Waals surface area contributed by atoms with Gasteiger partial charge in [0.1, 0.15) is 6.61 Å². The molecule has 3 aromatic rings. The van der Waals surface area contributed by atoms with E-state index in [0.717, 1.165) is 40.6 Å². The second kappa shape index (κ2) is 7.94. The standard InChI is InChI=1S/C20H18Cl3N3O3/c21-6-7-29-18-15(22)9-13-11(2-1-3-12(13)17(18)23)10-4-5-16-14(8-10)19(24)25-26(16)20(27)28/h4-5,8-9,11H,1-3,6-7H2,(H2,24,25)(H,27,28). The van der Waals surface area contributed by atoms with Gasteiger partial charge >= 0.3 is 6.09 Å². The lowest BCUT2D eigenvalue weighted by molar-refractivity contribution is 0.194. The van der Waals surface area contributed by atoms with Gasteiger partial charge in [-0.1, -0.05) is 29.3 Å². The van der Waals surface area contributed by atoms with Crippen LogP contribution in [0.5, 0.6) is 5.75 Å². The Bertz CT molecular complexity index is 1110. The summed E-state index contributed by atoms with van der Waals surface area (Å²) in [5.41, 5.74) is 9.49. The molecule has 3 N–H and O–H groups in total. The highest BCUT2D eigenvalue weighted by Crippen LogP contribution is 2.46. The van der Waals surface area contributed by atoms with Crippen molar-refractivity contribution in [3.63, 3.8) is 0 Å². The number of anilines is 1. The van der Waals surface area contributed by atoms with E-state index in [1.165, 1.54) is 0 Å². The van der Waals surface area contributed by atoms with Crippen LogP contribution in [0.25, 0.3) is 10.9 Å². The average Bonchev–Trinajstić information content (AvgIpc) is 3.04. The van der Waals surface area contributed by atoms with Crippen LogP contribution in [-0.2, 0) is 6.42 Å². The van der Waals surface area contributed by atoms with Crippen molar-refractivity contribution in [1.82, 2.24) is 9.78 Å². The molecule has 0 aliphatic heterocycles. The van der Waals surface area contributed by atoms with Crippen LogP contribution in [0.3, 0.4) is 0 Å². The number of nitrogens with zero attached hydrogens (tertiary/aromatic N) is 2. The first-order chi connectivity index (χ1) is 13.9. The van der Waals surface area contributed by atoms with E-state index in [0.29, 0.717) is 39.2 Å². The van der Waals surface area contributed by atoms with Gasteiger partial charge in [-0.3, -0.25) is 0 Å². The molecule has 0 fully saturated rings. The molecule has 1 heterocycles. The fraction of sp³-hybridized carbons (Fsp3) is 0.300. The first-order valence-corrected chi connectivity index (χ1v) is 10.4. The lowest BCUT2D eigenvalue weighted by atomic mass is 9.78. The van der Waals surface area contributed by atoms with Crippen LogP contribution < -0.4 is 10.5 Å². The number of halogens is 3. The molecular formula is C20H18Cl3N3O3. The number of carbonyl (C=O) groups is 1. The fourth-order valence-electron chi connectivity index (χ4n) is 4.00. The van der Waals surface area contributed by atoms with Gasteiger partial charge in [0.05, 0.1) is 21.4 Å². The van der Waals surface area contributed by atoms with E-state index in [2.05, 4.69) is 5.10 Å². The minimum Gasteiger partial charge on any atom is -0.489 e. The van der Waals surface area contributed by atoms with Crippen molar-refractivity contribution < 1.29 is 14.6 Å². The predicted octanol–water partition coefficient (Wildman–Crippen LogP) is 5.54. The molecule has 1 atom stereocenters. The minimum atomic E-state index is -1.18. The van der Waals surface area contributed by atoms with Crippen LogP contribution in [0.1, 0.15) is 35.4 Å². The molecular weight excluding hydrogens is 437 g/mol. The molecule has 0 saturated heterocycles. The van der Waals surface area contributed by atoms with Gasteiger partial charge in [-0.15, -0.1) is 16.7 Å². The summed E-state index contributed by atoms with van der Waals surface area (Å²) < 4.78 is 6.53. The van der Waals surface area contributed by atoms with Gasteiger partial charge in [0, 0.05) is 11.3 Å². The topological polar surface area (TPSA) is 90.4 Å². The number of nitrogens with two attached hydrogens (primary N) is 1. The first kappa shape index (κ1) is 20.1. The molecule has 4 rings (SSSR count). The minimum absolute atomic E-state index is 0.0628. The Morgan fingerprint density at radius 3 is 2.86 bits per heavy atom. The summed E-state index contributed by atoms with van der Waals surface area (Å²) in [6.07, 6.45) is 1.53. The molecule has 1 unspecified atom stereocenters. The number of carboxylic acid groups (broad SMARTS) is 1. The highest BCUT2D eigenvalue weighted by atomic mass is 35.5. The maximum atomic E-state index is 11.4. The normalized spacial score (nSPS) is 16.0. The largest absolute Gasteiger partial charge is 0.489 e. The molecule has 1 aliphatic carbocycles. The second-order valence-corrected chi connectivity index (χ2v) is 8.07. The molecule has 2 aromatic carbocycles. The fourth-order valence-corrected chi connectivity index (χ4v) is 4.75. The molecule has 6 nitrogen and oxygen atoms in total. The number of nitrogen functional groups attached to an aromatic ring is 1. The maximum absolute atomic E-state index is 11.4. The Labute approximate surface area is 182 Å². The van der Waals surface area contributed by atoms with E-state index in [1.807, 2.05) is 18.2 Å². The third-order valence-corrected chi connectivity index (χ3v) is 6.08. The highest BCUT2D eigenvalue weighted by molar-refractivity contribution is 6.37.